The maximum atomic E-state index is 13.1. The van der Waals surface area contributed by atoms with E-state index < -0.39 is 0 Å². The van der Waals surface area contributed by atoms with Crippen LogP contribution in [0.1, 0.15) is 59.8 Å². The summed E-state index contributed by atoms with van der Waals surface area (Å²) in [4.78, 5) is 30.3. The van der Waals surface area contributed by atoms with Gasteiger partial charge in [-0.25, -0.2) is 4.98 Å². The van der Waals surface area contributed by atoms with Crippen molar-refractivity contribution < 1.29 is 19.1 Å². The Morgan fingerprint density at radius 3 is 2.41 bits per heavy atom. The molecule has 1 aromatic heterocycles. The Bertz CT molecular complexity index is 1480. The molecule has 0 unspecified atom stereocenters. The number of benzene rings is 3. The largest absolute Gasteiger partial charge is 0.497 e. The third-order valence-electron chi connectivity index (χ3n) is 6.47. The molecule has 0 saturated carbocycles. The first-order valence-electron chi connectivity index (χ1n) is 12.7. The van der Waals surface area contributed by atoms with Gasteiger partial charge in [-0.05, 0) is 72.9 Å². The molecule has 4 aromatic rings. The lowest BCUT2D eigenvalue weighted by Gasteiger charge is -2.17. The van der Waals surface area contributed by atoms with Crippen LogP contribution >= 0.6 is 23.1 Å². The second kappa shape index (κ2) is 12.5. The van der Waals surface area contributed by atoms with E-state index >= 15 is 0 Å². The zero-order chi connectivity index (χ0) is 28.1. The summed E-state index contributed by atoms with van der Waals surface area (Å²) in [6, 6.07) is 16.9. The molecule has 2 amide bonds. The average Bonchev–Trinajstić information content (AvgIpc) is 3.33. The van der Waals surface area contributed by atoms with Crippen LogP contribution in [0.15, 0.2) is 58.9 Å². The van der Waals surface area contributed by atoms with Gasteiger partial charge in [-0.1, -0.05) is 43.8 Å². The van der Waals surface area contributed by atoms with Gasteiger partial charge in [0, 0.05) is 5.69 Å². The van der Waals surface area contributed by atoms with Crippen LogP contribution in [0, 0.1) is 6.92 Å². The molecule has 204 valence electrons. The summed E-state index contributed by atoms with van der Waals surface area (Å²) in [5.74, 6) is 1.67. The highest BCUT2D eigenvalue weighted by Crippen LogP contribution is 2.33. The number of nitrogens with zero attached hydrogens (tertiary/aromatic N) is 1. The molecule has 0 spiro atoms. The third kappa shape index (κ3) is 6.72. The minimum Gasteiger partial charge on any atom is -0.497 e. The molecular weight excluding hydrogens is 530 g/mol. The number of rotatable bonds is 10. The molecule has 7 nitrogen and oxygen atoms in total. The van der Waals surface area contributed by atoms with Crippen molar-refractivity contribution in [2.75, 3.05) is 25.3 Å². The van der Waals surface area contributed by atoms with Gasteiger partial charge in [-0.2, -0.15) is 0 Å². The van der Waals surface area contributed by atoms with Crippen LogP contribution in [0.4, 0.5) is 5.69 Å². The van der Waals surface area contributed by atoms with E-state index in [1.807, 2.05) is 68.4 Å². The van der Waals surface area contributed by atoms with Crippen molar-refractivity contribution in [1.29, 1.82) is 0 Å². The minimum atomic E-state index is -0.230. The van der Waals surface area contributed by atoms with Gasteiger partial charge in [-0.3, -0.25) is 9.59 Å². The molecule has 0 aliphatic heterocycles. The summed E-state index contributed by atoms with van der Waals surface area (Å²) >= 11 is 2.89. The minimum absolute atomic E-state index is 0.0664. The Morgan fingerprint density at radius 2 is 1.74 bits per heavy atom. The maximum Gasteiger partial charge on any atom is 0.259 e. The van der Waals surface area contributed by atoms with Crippen molar-refractivity contribution in [1.82, 2.24) is 10.3 Å². The van der Waals surface area contributed by atoms with Gasteiger partial charge >= 0.3 is 0 Å². The molecule has 0 fully saturated rings. The fourth-order valence-electron chi connectivity index (χ4n) is 4.40. The highest BCUT2D eigenvalue weighted by Gasteiger charge is 2.19. The molecule has 0 saturated heterocycles. The molecule has 0 aliphatic carbocycles. The van der Waals surface area contributed by atoms with Crippen molar-refractivity contribution >= 4 is 50.8 Å². The van der Waals surface area contributed by atoms with E-state index in [-0.39, 0.29) is 23.6 Å². The van der Waals surface area contributed by atoms with Gasteiger partial charge in [0.25, 0.3) is 5.91 Å². The van der Waals surface area contributed by atoms with Crippen molar-refractivity contribution in [3.63, 3.8) is 0 Å². The van der Waals surface area contributed by atoms with Crippen molar-refractivity contribution in [2.45, 2.75) is 44.0 Å². The number of thiazole rings is 1. The first-order chi connectivity index (χ1) is 18.7. The van der Waals surface area contributed by atoms with Crippen LogP contribution < -0.4 is 20.1 Å². The molecule has 1 atom stereocenters. The third-order valence-corrected chi connectivity index (χ3v) is 8.63. The van der Waals surface area contributed by atoms with Gasteiger partial charge in [0.15, 0.2) is 4.34 Å². The number of nitrogens with one attached hydrogen (secondary N) is 2. The fourth-order valence-corrected chi connectivity index (χ4v) is 6.32. The first kappa shape index (κ1) is 28.4. The van der Waals surface area contributed by atoms with Gasteiger partial charge in [0.2, 0.25) is 5.91 Å². The van der Waals surface area contributed by atoms with E-state index in [1.54, 1.807) is 14.2 Å². The maximum absolute atomic E-state index is 13.1. The van der Waals surface area contributed by atoms with E-state index in [2.05, 4.69) is 29.5 Å². The summed E-state index contributed by atoms with van der Waals surface area (Å²) in [7, 11) is 3.22. The summed E-state index contributed by atoms with van der Waals surface area (Å²) in [6.45, 7) is 8.17. The van der Waals surface area contributed by atoms with Crippen LogP contribution in [0.2, 0.25) is 0 Å². The average molecular weight is 564 g/mol. The van der Waals surface area contributed by atoms with Gasteiger partial charge in [0.05, 0.1) is 41.8 Å². The summed E-state index contributed by atoms with van der Waals surface area (Å²) in [5, 5.41) is 6.01. The predicted molar refractivity (Wildman–Crippen MR) is 160 cm³/mol. The van der Waals surface area contributed by atoms with Crippen LogP contribution in [-0.4, -0.2) is 36.8 Å². The normalized spacial score (nSPS) is 11.9. The molecule has 0 radical (unpaired) electrons. The summed E-state index contributed by atoms with van der Waals surface area (Å²) in [5.41, 5.74) is 5.13. The van der Waals surface area contributed by atoms with Gasteiger partial charge < -0.3 is 20.1 Å². The molecule has 4 rings (SSSR count). The number of ether oxygens (including phenoxy) is 2. The number of hydrogen-bond donors (Lipinski definition) is 2. The second-order valence-electron chi connectivity index (χ2n) is 9.48. The van der Waals surface area contributed by atoms with E-state index in [1.165, 1.54) is 23.1 Å². The van der Waals surface area contributed by atoms with Crippen LogP contribution in [-0.2, 0) is 4.79 Å². The number of fused-ring (bicyclic) bond motifs is 1. The second-order valence-corrected chi connectivity index (χ2v) is 11.7. The fraction of sp³-hybridized carbons (Fsp3) is 0.300. The lowest BCUT2D eigenvalue weighted by Crippen LogP contribution is -2.28. The number of hydrogen-bond acceptors (Lipinski definition) is 7. The molecule has 1 heterocycles. The lowest BCUT2D eigenvalue weighted by molar-refractivity contribution is -0.119. The van der Waals surface area contributed by atoms with Crippen LogP contribution in [0.5, 0.6) is 11.5 Å². The van der Waals surface area contributed by atoms with Gasteiger partial charge in [0.1, 0.15) is 11.5 Å². The highest BCUT2D eigenvalue weighted by molar-refractivity contribution is 8.01. The summed E-state index contributed by atoms with van der Waals surface area (Å²) in [6.07, 6.45) is 0. The molecule has 3 aromatic carbocycles. The number of carbonyl (C=O) groups excluding carboxylic acids is 2. The Balaban J connectivity index is 1.39. The molecule has 0 aliphatic rings. The summed E-state index contributed by atoms with van der Waals surface area (Å²) < 4.78 is 12.5. The van der Waals surface area contributed by atoms with E-state index in [0.717, 1.165) is 37.0 Å². The lowest BCUT2D eigenvalue weighted by atomic mass is 9.95. The van der Waals surface area contributed by atoms with E-state index in [4.69, 9.17) is 9.47 Å². The number of aromatic nitrogens is 1. The van der Waals surface area contributed by atoms with E-state index in [9.17, 15) is 9.59 Å². The molecule has 2 N–H and O–H groups in total. The van der Waals surface area contributed by atoms with E-state index in [0.29, 0.717) is 22.9 Å². The number of amides is 2. The zero-order valence-electron chi connectivity index (χ0n) is 23.0. The Hall–Kier alpha value is -3.56. The first-order valence-corrected chi connectivity index (χ1v) is 14.5. The Kier molecular flexibility index (Phi) is 9.14. The molecule has 9 heteroatoms. The van der Waals surface area contributed by atoms with Gasteiger partial charge in [-0.15, -0.1) is 11.3 Å². The Labute approximate surface area is 237 Å². The molecule has 0 bridgehead atoms. The number of thioether (sulfide) groups is 1. The van der Waals surface area contributed by atoms with Crippen molar-refractivity contribution in [3.05, 3.63) is 76.9 Å². The van der Waals surface area contributed by atoms with Crippen molar-refractivity contribution in [3.8, 4) is 11.5 Å². The van der Waals surface area contributed by atoms with Crippen LogP contribution in [0.25, 0.3) is 10.2 Å². The topological polar surface area (TPSA) is 89.5 Å². The standard InChI is InChI=1S/C30H33N3O4S2/c1-17(2)23-12-13-24(28(37-6)18(23)3)29(35)32-21-9-14-25-26(15-21)39-30(33-25)38-16-27(34)31-19(4)20-7-10-22(36-5)11-8-20/h7-15,17,19H,16H2,1-6H3,(H,31,34)(H,32,35)/t19-/m0/s1. The number of methoxy groups -OCH3 is 2. The van der Waals surface area contributed by atoms with Crippen molar-refractivity contribution in [2.24, 2.45) is 0 Å². The smallest absolute Gasteiger partial charge is 0.259 e. The quantitative estimate of drug-likeness (QED) is 0.203. The number of carbonyl (C=O) groups is 2. The highest BCUT2D eigenvalue weighted by atomic mass is 32.2. The predicted octanol–water partition coefficient (Wildman–Crippen LogP) is 6.97. The zero-order valence-corrected chi connectivity index (χ0v) is 24.6. The monoisotopic (exact) mass is 563 g/mol. The van der Waals surface area contributed by atoms with Crippen LogP contribution in [0.3, 0.4) is 0 Å². The molecular formula is C30H33N3O4S2. The molecule has 39 heavy (non-hydrogen) atoms. The Morgan fingerprint density at radius 1 is 1.00 bits per heavy atom. The number of anilines is 1. The SMILES string of the molecule is COc1ccc([C@H](C)NC(=O)CSc2nc3ccc(NC(=O)c4ccc(C(C)C)c(C)c4OC)cc3s2)cc1.